The molecule has 1 aliphatic rings. The number of aliphatic hydroxyl groups is 1. The van der Waals surface area contributed by atoms with Gasteiger partial charge in [-0.25, -0.2) is 0 Å². The van der Waals surface area contributed by atoms with E-state index in [-0.39, 0.29) is 5.78 Å². The van der Waals surface area contributed by atoms with Crippen LogP contribution in [0.3, 0.4) is 0 Å². The van der Waals surface area contributed by atoms with E-state index in [1.165, 1.54) is 0 Å². The number of ketones is 1. The number of carbonyl (C=O) groups excluding carboxylic acids is 1. The van der Waals surface area contributed by atoms with Crippen LogP contribution < -0.4 is 0 Å². The molecule has 4 nitrogen and oxygen atoms in total. The standard InChI is InChI=1S/C10H12N2O2/c13-8-3-5-10(14,6-4-8)9-2-1-7-11-12-9/h1-2,7,14H,3-6H2. The highest BCUT2D eigenvalue weighted by Gasteiger charge is 2.35. The van der Waals surface area contributed by atoms with Crippen molar-refractivity contribution < 1.29 is 9.90 Å². The lowest BCUT2D eigenvalue weighted by Crippen LogP contribution is -2.32. The third-order valence-electron chi connectivity index (χ3n) is 2.68. The van der Waals surface area contributed by atoms with Gasteiger partial charge >= 0.3 is 0 Å². The smallest absolute Gasteiger partial charge is 0.133 e. The molecule has 1 N–H and O–H groups in total. The molecular weight excluding hydrogens is 180 g/mol. The molecule has 1 aliphatic carbocycles. The highest BCUT2D eigenvalue weighted by Crippen LogP contribution is 2.33. The van der Waals surface area contributed by atoms with Crippen molar-refractivity contribution in [3.05, 3.63) is 24.0 Å². The van der Waals surface area contributed by atoms with Crippen molar-refractivity contribution in [2.24, 2.45) is 0 Å². The van der Waals surface area contributed by atoms with Crippen molar-refractivity contribution in [2.75, 3.05) is 0 Å². The van der Waals surface area contributed by atoms with Crippen LogP contribution in [0.1, 0.15) is 31.4 Å². The highest BCUT2D eigenvalue weighted by molar-refractivity contribution is 5.79. The van der Waals surface area contributed by atoms with Gasteiger partial charge in [0.15, 0.2) is 0 Å². The molecule has 1 aromatic heterocycles. The van der Waals surface area contributed by atoms with Crippen molar-refractivity contribution in [3.8, 4) is 0 Å². The van der Waals surface area contributed by atoms with Crippen LogP contribution in [-0.4, -0.2) is 21.1 Å². The number of carbonyl (C=O) groups is 1. The van der Waals surface area contributed by atoms with Gasteiger partial charge in [-0.1, -0.05) is 0 Å². The number of hydrogen-bond donors (Lipinski definition) is 1. The predicted molar refractivity (Wildman–Crippen MR) is 49.4 cm³/mol. The Bertz CT molecular complexity index is 327. The molecule has 1 heterocycles. The number of nitrogens with zero attached hydrogens (tertiary/aromatic N) is 2. The molecule has 0 spiro atoms. The maximum atomic E-state index is 11.0. The van der Waals surface area contributed by atoms with Gasteiger partial charge in [-0.2, -0.15) is 10.2 Å². The maximum Gasteiger partial charge on any atom is 0.133 e. The summed E-state index contributed by atoms with van der Waals surface area (Å²) in [6.07, 6.45) is 3.37. The van der Waals surface area contributed by atoms with E-state index >= 15 is 0 Å². The van der Waals surface area contributed by atoms with Crippen LogP contribution in [0.4, 0.5) is 0 Å². The molecule has 1 saturated carbocycles. The van der Waals surface area contributed by atoms with E-state index in [0.29, 0.717) is 31.4 Å². The van der Waals surface area contributed by atoms with Gasteiger partial charge in [0.05, 0.1) is 5.69 Å². The van der Waals surface area contributed by atoms with E-state index in [1.54, 1.807) is 18.3 Å². The molecular formula is C10H12N2O2. The molecule has 0 unspecified atom stereocenters. The molecule has 0 bridgehead atoms. The summed E-state index contributed by atoms with van der Waals surface area (Å²) in [5.74, 6) is 0.221. The summed E-state index contributed by atoms with van der Waals surface area (Å²) in [6.45, 7) is 0. The van der Waals surface area contributed by atoms with E-state index in [9.17, 15) is 9.90 Å². The van der Waals surface area contributed by atoms with Gasteiger partial charge in [0.2, 0.25) is 0 Å². The largest absolute Gasteiger partial charge is 0.383 e. The van der Waals surface area contributed by atoms with Gasteiger partial charge in [0.25, 0.3) is 0 Å². The first-order valence-corrected chi connectivity index (χ1v) is 4.73. The summed E-state index contributed by atoms with van der Waals surface area (Å²) < 4.78 is 0. The van der Waals surface area contributed by atoms with Crippen LogP contribution in [0.15, 0.2) is 18.3 Å². The van der Waals surface area contributed by atoms with Gasteiger partial charge in [0.1, 0.15) is 11.4 Å². The second-order valence-corrected chi connectivity index (χ2v) is 3.68. The van der Waals surface area contributed by atoms with Crippen molar-refractivity contribution in [1.82, 2.24) is 10.2 Å². The molecule has 4 heteroatoms. The van der Waals surface area contributed by atoms with E-state index < -0.39 is 5.60 Å². The fourth-order valence-corrected chi connectivity index (χ4v) is 1.75. The zero-order valence-corrected chi connectivity index (χ0v) is 7.81. The summed E-state index contributed by atoms with van der Waals surface area (Å²) in [7, 11) is 0. The molecule has 0 amide bonds. The van der Waals surface area contributed by atoms with Crippen LogP contribution in [0.2, 0.25) is 0 Å². The number of rotatable bonds is 1. The Labute approximate surface area is 82.0 Å². The quantitative estimate of drug-likeness (QED) is 0.715. The summed E-state index contributed by atoms with van der Waals surface area (Å²) in [6, 6.07) is 3.50. The minimum atomic E-state index is -0.942. The Balaban J connectivity index is 2.21. The molecule has 0 aliphatic heterocycles. The number of aromatic nitrogens is 2. The Hall–Kier alpha value is -1.29. The van der Waals surface area contributed by atoms with E-state index in [4.69, 9.17) is 0 Å². The first kappa shape index (κ1) is 9.27. The molecule has 74 valence electrons. The summed E-state index contributed by atoms with van der Waals surface area (Å²) in [5, 5.41) is 17.8. The zero-order valence-electron chi connectivity index (χ0n) is 7.81. The Morgan fingerprint density at radius 1 is 1.36 bits per heavy atom. The first-order valence-electron chi connectivity index (χ1n) is 4.73. The average molecular weight is 192 g/mol. The Kier molecular flexibility index (Phi) is 2.29. The lowest BCUT2D eigenvalue weighted by Gasteiger charge is -2.30. The van der Waals surface area contributed by atoms with Crippen molar-refractivity contribution in [1.29, 1.82) is 0 Å². The van der Waals surface area contributed by atoms with Gasteiger partial charge < -0.3 is 5.11 Å². The summed E-state index contributed by atoms with van der Waals surface area (Å²) in [4.78, 5) is 11.0. The van der Waals surface area contributed by atoms with E-state index in [1.807, 2.05) is 0 Å². The molecule has 0 radical (unpaired) electrons. The lowest BCUT2D eigenvalue weighted by atomic mass is 9.82. The Morgan fingerprint density at radius 3 is 2.64 bits per heavy atom. The second-order valence-electron chi connectivity index (χ2n) is 3.68. The molecule has 1 aromatic rings. The van der Waals surface area contributed by atoms with Crippen molar-refractivity contribution in [2.45, 2.75) is 31.3 Å². The topological polar surface area (TPSA) is 63.1 Å². The maximum absolute atomic E-state index is 11.0. The van der Waals surface area contributed by atoms with Gasteiger partial charge in [-0.15, -0.1) is 0 Å². The van der Waals surface area contributed by atoms with E-state index in [0.717, 1.165) is 0 Å². The second kappa shape index (κ2) is 3.46. The monoisotopic (exact) mass is 192 g/mol. The van der Waals surface area contributed by atoms with Gasteiger partial charge in [0, 0.05) is 19.0 Å². The molecule has 0 saturated heterocycles. The fraction of sp³-hybridized carbons (Fsp3) is 0.500. The molecule has 0 aromatic carbocycles. The SMILES string of the molecule is O=C1CCC(O)(c2cccnn2)CC1. The highest BCUT2D eigenvalue weighted by atomic mass is 16.3. The molecule has 2 rings (SSSR count). The van der Waals surface area contributed by atoms with Crippen LogP contribution >= 0.6 is 0 Å². The summed E-state index contributed by atoms with van der Waals surface area (Å²) in [5.41, 5.74) is -0.366. The average Bonchev–Trinajstić information content (AvgIpc) is 2.24. The zero-order chi connectivity index (χ0) is 10.0. The minimum absolute atomic E-state index is 0.221. The van der Waals surface area contributed by atoms with Crippen LogP contribution in [0.25, 0.3) is 0 Å². The summed E-state index contributed by atoms with van der Waals surface area (Å²) >= 11 is 0. The third-order valence-corrected chi connectivity index (χ3v) is 2.68. The van der Waals surface area contributed by atoms with Crippen molar-refractivity contribution >= 4 is 5.78 Å². The predicted octanol–water partition coefficient (Wildman–Crippen LogP) is 0.807. The van der Waals surface area contributed by atoms with Crippen molar-refractivity contribution in [3.63, 3.8) is 0 Å². The van der Waals surface area contributed by atoms with Crippen LogP contribution in [-0.2, 0) is 10.4 Å². The van der Waals surface area contributed by atoms with Gasteiger partial charge in [-0.3, -0.25) is 4.79 Å². The van der Waals surface area contributed by atoms with Gasteiger partial charge in [-0.05, 0) is 25.0 Å². The normalized spacial score (nSPS) is 20.8. The minimum Gasteiger partial charge on any atom is -0.383 e. The fourth-order valence-electron chi connectivity index (χ4n) is 1.75. The van der Waals surface area contributed by atoms with Crippen LogP contribution in [0, 0.1) is 0 Å². The number of hydrogen-bond acceptors (Lipinski definition) is 4. The Morgan fingerprint density at radius 2 is 2.07 bits per heavy atom. The lowest BCUT2D eigenvalue weighted by molar-refractivity contribution is -0.126. The van der Waals surface area contributed by atoms with E-state index in [2.05, 4.69) is 10.2 Å². The third kappa shape index (κ3) is 1.65. The first-order chi connectivity index (χ1) is 6.71. The molecule has 0 atom stereocenters. The molecule has 1 fully saturated rings. The molecule has 14 heavy (non-hydrogen) atoms. The van der Waals surface area contributed by atoms with Crippen LogP contribution in [0.5, 0.6) is 0 Å². The number of Topliss-reactive ketones (excluding diaryl/α,β-unsaturated/α-hetero) is 1.